The molecule has 1 amide bonds. The lowest BCUT2D eigenvalue weighted by Crippen LogP contribution is -2.38. The van der Waals surface area contributed by atoms with E-state index in [9.17, 15) is 4.79 Å². The number of nitrogens with zero attached hydrogens (tertiary/aromatic N) is 3. The Hall–Kier alpha value is -2.19. The number of hydrazine groups is 1. The van der Waals surface area contributed by atoms with E-state index in [0.29, 0.717) is 22.4 Å². The highest BCUT2D eigenvalue weighted by atomic mass is 32.1. The van der Waals surface area contributed by atoms with E-state index in [1.165, 1.54) is 11.3 Å². The summed E-state index contributed by atoms with van der Waals surface area (Å²) in [6.45, 7) is 0.399. The van der Waals surface area contributed by atoms with Crippen molar-refractivity contribution in [2.45, 2.75) is 6.54 Å². The first-order valence-electron chi connectivity index (χ1n) is 5.59. The molecule has 8 heteroatoms. The number of benzene rings is 1. The first-order valence-corrected chi connectivity index (χ1v) is 6.41. The summed E-state index contributed by atoms with van der Waals surface area (Å²) in [6, 6.07) is 7.41. The van der Waals surface area contributed by atoms with Crippen molar-refractivity contribution >= 4 is 28.1 Å². The Morgan fingerprint density at radius 1 is 1.42 bits per heavy atom. The van der Waals surface area contributed by atoms with Crippen LogP contribution < -0.4 is 20.9 Å². The molecular formula is C11H11N5O2S. The monoisotopic (exact) mass is 277 g/mol. The van der Waals surface area contributed by atoms with E-state index in [1.54, 1.807) is 4.90 Å². The number of fused-ring (bicyclic) bond motifs is 1. The molecule has 0 spiro atoms. The molecule has 98 valence electrons. The first-order chi connectivity index (χ1) is 9.28. The third-order valence-corrected chi connectivity index (χ3v) is 3.53. The van der Waals surface area contributed by atoms with Gasteiger partial charge in [0.2, 0.25) is 5.13 Å². The molecule has 0 saturated heterocycles. The van der Waals surface area contributed by atoms with E-state index < -0.39 is 0 Å². The standard InChI is InChI=1S/C11H11N5O2S/c12-13-11-15-14-9(19-11)5-16-7-3-1-2-4-8(7)18-6-10(16)17/h1-4H,5-6,12H2,(H,13,15). The number of ether oxygens (including phenoxy) is 1. The summed E-state index contributed by atoms with van der Waals surface area (Å²) in [6.07, 6.45) is 0. The predicted molar refractivity (Wildman–Crippen MR) is 70.8 cm³/mol. The van der Waals surface area contributed by atoms with Gasteiger partial charge in [0.05, 0.1) is 12.2 Å². The molecule has 0 unspecified atom stereocenters. The van der Waals surface area contributed by atoms with Crippen LogP contribution in [-0.4, -0.2) is 22.7 Å². The molecule has 1 aromatic heterocycles. The number of amides is 1. The van der Waals surface area contributed by atoms with Gasteiger partial charge in [-0.1, -0.05) is 23.5 Å². The van der Waals surface area contributed by atoms with E-state index >= 15 is 0 Å². The fraction of sp³-hybridized carbons (Fsp3) is 0.182. The number of hydrogen-bond donors (Lipinski definition) is 2. The summed E-state index contributed by atoms with van der Waals surface area (Å²) in [5.41, 5.74) is 3.18. The summed E-state index contributed by atoms with van der Waals surface area (Å²) in [7, 11) is 0. The van der Waals surface area contributed by atoms with Crippen molar-refractivity contribution in [2.75, 3.05) is 16.9 Å². The number of para-hydroxylation sites is 2. The summed E-state index contributed by atoms with van der Waals surface area (Å²) in [5, 5.41) is 9.05. The fourth-order valence-electron chi connectivity index (χ4n) is 1.84. The topological polar surface area (TPSA) is 93.4 Å². The maximum absolute atomic E-state index is 12.0. The third kappa shape index (κ3) is 2.23. The molecule has 7 nitrogen and oxygen atoms in total. The molecule has 3 N–H and O–H groups in total. The summed E-state index contributed by atoms with van der Waals surface area (Å²) < 4.78 is 5.37. The Kier molecular flexibility index (Phi) is 3.02. The number of nitrogen functional groups attached to an aromatic ring is 1. The SMILES string of the molecule is NNc1nnc(CN2C(=O)COc3ccccc32)s1. The third-order valence-electron chi connectivity index (χ3n) is 2.69. The Balaban J connectivity index is 1.89. The number of anilines is 2. The van der Waals surface area contributed by atoms with E-state index in [1.807, 2.05) is 24.3 Å². The van der Waals surface area contributed by atoms with Crippen LogP contribution in [-0.2, 0) is 11.3 Å². The van der Waals surface area contributed by atoms with Gasteiger partial charge < -0.3 is 4.74 Å². The average molecular weight is 277 g/mol. The van der Waals surface area contributed by atoms with Crippen molar-refractivity contribution in [2.24, 2.45) is 5.84 Å². The Morgan fingerprint density at radius 2 is 2.26 bits per heavy atom. The highest BCUT2D eigenvalue weighted by Crippen LogP contribution is 2.33. The number of nitrogens with one attached hydrogen (secondary N) is 1. The van der Waals surface area contributed by atoms with Gasteiger partial charge in [0.15, 0.2) is 6.61 Å². The Labute approximate surface area is 113 Å². The quantitative estimate of drug-likeness (QED) is 0.635. The van der Waals surface area contributed by atoms with Crippen LogP contribution in [0.2, 0.25) is 0 Å². The molecule has 0 saturated carbocycles. The van der Waals surface area contributed by atoms with Crippen molar-refractivity contribution in [1.82, 2.24) is 10.2 Å². The van der Waals surface area contributed by atoms with E-state index in [2.05, 4.69) is 15.6 Å². The van der Waals surface area contributed by atoms with Crippen LogP contribution in [0.3, 0.4) is 0 Å². The highest BCUT2D eigenvalue weighted by Gasteiger charge is 2.26. The second-order valence-corrected chi connectivity index (χ2v) is 4.94. The molecule has 1 aromatic carbocycles. The van der Waals surface area contributed by atoms with Crippen molar-refractivity contribution in [3.05, 3.63) is 29.3 Å². The second kappa shape index (κ2) is 4.82. The van der Waals surface area contributed by atoms with Gasteiger partial charge in [0.25, 0.3) is 5.91 Å². The Morgan fingerprint density at radius 3 is 3.05 bits per heavy atom. The Bertz CT molecular complexity index is 615. The zero-order valence-electron chi connectivity index (χ0n) is 9.87. The summed E-state index contributed by atoms with van der Waals surface area (Å²) in [5.74, 6) is 5.85. The molecule has 0 fully saturated rings. The molecule has 0 bridgehead atoms. The van der Waals surface area contributed by atoms with Gasteiger partial charge in [-0.15, -0.1) is 10.2 Å². The maximum Gasteiger partial charge on any atom is 0.265 e. The minimum atomic E-state index is -0.101. The number of carbonyl (C=O) groups is 1. The lowest BCUT2D eigenvalue weighted by atomic mass is 10.2. The van der Waals surface area contributed by atoms with Gasteiger partial charge in [-0.25, -0.2) is 5.84 Å². The van der Waals surface area contributed by atoms with Crippen LogP contribution in [0.15, 0.2) is 24.3 Å². The van der Waals surface area contributed by atoms with Crippen LogP contribution in [0, 0.1) is 0 Å². The molecule has 0 radical (unpaired) electrons. The fourth-order valence-corrected chi connectivity index (χ4v) is 2.48. The molecule has 2 aromatic rings. The van der Waals surface area contributed by atoms with Crippen LogP contribution in [0.1, 0.15) is 5.01 Å². The van der Waals surface area contributed by atoms with Crippen LogP contribution in [0.5, 0.6) is 5.75 Å². The largest absolute Gasteiger partial charge is 0.482 e. The van der Waals surface area contributed by atoms with Crippen LogP contribution in [0.25, 0.3) is 0 Å². The van der Waals surface area contributed by atoms with Gasteiger partial charge in [0.1, 0.15) is 10.8 Å². The minimum absolute atomic E-state index is 0.0395. The van der Waals surface area contributed by atoms with Gasteiger partial charge in [0, 0.05) is 0 Å². The van der Waals surface area contributed by atoms with Crippen molar-refractivity contribution in [3.63, 3.8) is 0 Å². The lowest BCUT2D eigenvalue weighted by molar-refractivity contribution is -0.121. The van der Waals surface area contributed by atoms with Gasteiger partial charge >= 0.3 is 0 Å². The molecule has 3 rings (SSSR count). The average Bonchev–Trinajstić information content (AvgIpc) is 2.90. The zero-order valence-corrected chi connectivity index (χ0v) is 10.7. The molecule has 0 aliphatic carbocycles. The van der Waals surface area contributed by atoms with Crippen molar-refractivity contribution in [1.29, 1.82) is 0 Å². The molecule has 0 atom stereocenters. The number of aromatic nitrogens is 2. The highest BCUT2D eigenvalue weighted by molar-refractivity contribution is 7.15. The summed E-state index contributed by atoms with van der Waals surface area (Å²) >= 11 is 1.31. The zero-order chi connectivity index (χ0) is 13.2. The maximum atomic E-state index is 12.0. The minimum Gasteiger partial charge on any atom is -0.482 e. The van der Waals surface area contributed by atoms with Crippen molar-refractivity contribution in [3.8, 4) is 5.75 Å². The van der Waals surface area contributed by atoms with E-state index in [-0.39, 0.29) is 12.5 Å². The normalized spacial score (nSPS) is 13.9. The van der Waals surface area contributed by atoms with Crippen molar-refractivity contribution < 1.29 is 9.53 Å². The molecule has 19 heavy (non-hydrogen) atoms. The number of rotatable bonds is 3. The van der Waals surface area contributed by atoms with E-state index in [0.717, 1.165) is 5.69 Å². The molecule has 2 heterocycles. The molecular weight excluding hydrogens is 266 g/mol. The van der Waals surface area contributed by atoms with Crippen LogP contribution in [0.4, 0.5) is 10.8 Å². The number of carbonyl (C=O) groups excluding carboxylic acids is 1. The first kappa shape index (κ1) is 11.9. The van der Waals surface area contributed by atoms with Gasteiger partial charge in [-0.05, 0) is 12.1 Å². The number of nitrogens with two attached hydrogens (primary N) is 1. The molecule has 1 aliphatic heterocycles. The smallest absolute Gasteiger partial charge is 0.265 e. The van der Waals surface area contributed by atoms with Gasteiger partial charge in [-0.2, -0.15) is 0 Å². The summed E-state index contributed by atoms with van der Waals surface area (Å²) in [4.78, 5) is 13.6. The van der Waals surface area contributed by atoms with Crippen LogP contribution >= 0.6 is 11.3 Å². The predicted octanol–water partition coefficient (Wildman–Crippen LogP) is 0.749. The second-order valence-electron chi connectivity index (χ2n) is 3.88. The molecule has 1 aliphatic rings. The van der Waals surface area contributed by atoms with E-state index in [4.69, 9.17) is 10.6 Å². The van der Waals surface area contributed by atoms with Gasteiger partial charge in [-0.3, -0.25) is 15.1 Å². The number of hydrogen-bond acceptors (Lipinski definition) is 7. The lowest BCUT2D eigenvalue weighted by Gasteiger charge is -2.28.